The molecule has 1 fully saturated rings. The van der Waals surface area contributed by atoms with Gasteiger partial charge in [0.15, 0.2) is 5.60 Å². The smallest absolute Gasteiger partial charge is 0.255 e. The monoisotopic (exact) mass is 479 g/mol. The van der Waals surface area contributed by atoms with Crippen LogP contribution in [-0.4, -0.2) is 43.2 Å². The topological polar surface area (TPSA) is 65.2 Å². The van der Waals surface area contributed by atoms with Crippen LogP contribution >= 0.6 is 23.2 Å². The third kappa shape index (κ3) is 3.31. The quantitative estimate of drug-likeness (QED) is 0.410. The molecule has 2 aliphatic heterocycles. The molecule has 166 valence electrons. The molecule has 7 nitrogen and oxygen atoms in total. The molecule has 0 radical (unpaired) electrons. The van der Waals surface area contributed by atoms with E-state index >= 15 is 0 Å². The Bertz CT molecular complexity index is 1360. The number of nitrogens with zero attached hydrogens (tertiary/aromatic N) is 5. The van der Waals surface area contributed by atoms with Gasteiger partial charge in [0, 0.05) is 48.9 Å². The summed E-state index contributed by atoms with van der Waals surface area (Å²) >= 11 is 12.7. The molecule has 2 aliphatic rings. The van der Waals surface area contributed by atoms with Crippen molar-refractivity contribution in [3.05, 3.63) is 88.7 Å². The van der Waals surface area contributed by atoms with Crippen LogP contribution in [0.15, 0.2) is 67.4 Å². The van der Waals surface area contributed by atoms with Gasteiger partial charge >= 0.3 is 0 Å². The average Bonchev–Trinajstić information content (AvgIpc) is 3.52. The van der Waals surface area contributed by atoms with Crippen LogP contribution in [0.2, 0.25) is 10.0 Å². The number of halogens is 2. The summed E-state index contributed by atoms with van der Waals surface area (Å²) in [6, 6.07) is 15.2. The van der Waals surface area contributed by atoms with E-state index < -0.39 is 5.60 Å². The Morgan fingerprint density at radius 1 is 1.00 bits per heavy atom. The minimum atomic E-state index is -0.500. The second kappa shape index (κ2) is 7.64. The van der Waals surface area contributed by atoms with Crippen molar-refractivity contribution in [3.8, 4) is 17.1 Å². The van der Waals surface area contributed by atoms with E-state index in [-0.39, 0.29) is 5.91 Å². The number of hydrogen-bond acceptors (Lipinski definition) is 4. The van der Waals surface area contributed by atoms with Gasteiger partial charge in [0.2, 0.25) is 0 Å². The van der Waals surface area contributed by atoms with E-state index in [1.165, 1.54) is 0 Å². The molecule has 4 heterocycles. The minimum Gasteiger partial charge on any atom is -0.479 e. The molecule has 0 aliphatic carbocycles. The van der Waals surface area contributed by atoms with Crippen molar-refractivity contribution in [2.24, 2.45) is 0 Å². The highest BCUT2D eigenvalue weighted by molar-refractivity contribution is 6.34. The van der Waals surface area contributed by atoms with Crippen LogP contribution in [0.5, 0.6) is 5.75 Å². The van der Waals surface area contributed by atoms with E-state index in [1.54, 1.807) is 29.4 Å². The lowest BCUT2D eigenvalue weighted by molar-refractivity contribution is -0.00929. The predicted octanol–water partition coefficient (Wildman–Crippen LogP) is 4.89. The molecule has 33 heavy (non-hydrogen) atoms. The first kappa shape index (κ1) is 20.3. The molecular formula is C24H19Cl2N5O2. The van der Waals surface area contributed by atoms with Crippen LogP contribution in [0.3, 0.4) is 0 Å². The van der Waals surface area contributed by atoms with Crippen LogP contribution in [0.1, 0.15) is 28.9 Å². The van der Waals surface area contributed by atoms with E-state index in [9.17, 15) is 4.79 Å². The first-order chi connectivity index (χ1) is 16.0. The van der Waals surface area contributed by atoms with Crippen molar-refractivity contribution >= 4 is 29.1 Å². The van der Waals surface area contributed by atoms with Crippen molar-refractivity contribution in [3.63, 3.8) is 0 Å². The van der Waals surface area contributed by atoms with Gasteiger partial charge in [-0.1, -0.05) is 23.2 Å². The fourth-order valence-electron chi connectivity index (χ4n) is 4.77. The SMILES string of the molecule is O=C(c1ccc(-n2cnnc2)cc1Cl)N1CCC2(CC1)Oc1cc(Cl)ccc1-n1cccc12. The molecular weight excluding hydrogens is 461 g/mol. The Morgan fingerprint density at radius 3 is 2.55 bits per heavy atom. The Balaban J connectivity index is 1.24. The van der Waals surface area contributed by atoms with E-state index in [2.05, 4.69) is 20.8 Å². The van der Waals surface area contributed by atoms with Gasteiger partial charge in [0.05, 0.1) is 22.0 Å². The van der Waals surface area contributed by atoms with Crippen molar-refractivity contribution in [1.82, 2.24) is 24.2 Å². The molecule has 1 saturated heterocycles. The van der Waals surface area contributed by atoms with Gasteiger partial charge < -0.3 is 14.2 Å². The molecule has 1 amide bonds. The molecule has 0 bridgehead atoms. The summed E-state index contributed by atoms with van der Waals surface area (Å²) in [4.78, 5) is 15.1. The number of carbonyl (C=O) groups is 1. The van der Waals surface area contributed by atoms with Crippen LogP contribution in [0.4, 0.5) is 0 Å². The Kier molecular flexibility index (Phi) is 4.71. The highest BCUT2D eigenvalue weighted by atomic mass is 35.5. The normalized spacial score (nSPS) is 16.2. The molecule has 0 N–H and O–H groups in total. The number of ether oxygens (including phenoxy) is 1. The maximum absolute atomic E-state index is 13.3. The summed E-state index contributed by atoms with van der Waals surface area (Å²) in [5.41, 5.74) is 2.85. The van der Waals surface area contributed by atoms with Crippen LogP contribution in [0, 0.1) is 0 Å². The number of amides is 1. The molecule has 0 unspecified atom stereocenters. The van der Waals surface area contributed by atoms with Gasteiger partial charge in [-0.25, -0.2) is 0 Å². The molecule has 4 aromatic rings. The number of carbonyl (C=O) groups excluding carboxylic acids is 1. The molecule has 9 heteroatoms. The number of benzene rings is 2. The Hall–Kier alpha value is -3.29. The molecule has 0 atom stereocenters. The molecule has 0 saturated carbocycles. The third-order valence-corrected chi connectivity index (χ3v) is 7.01. The van der Waals surface area contributed by atoms with Gasteiger partial charge in [-0.05, 0) is 42.5 Å². The van der Waals surface area contributed by atoms with Crippen LogP contribution < -0.4 is 4.74 Å². The lowest BCUT2D eigenvalue weighted by Crippen LogP contribution is -2.50. The van der Waals surface area contributed by atoms with E-state index in [0.29, 0.717) is 41.5 Å². The van der Waals surface area contributed by atoms with E-state index in [4.69, 9.17) is 27.9 Å². The largest absolute Gasteiger partial charge is 0.479 e. The van der Waals surface area contributed by atoms with Crippen molar-refractivity contribution in [2.45, 2.75) is 18.4 Å². The summed E-state index contributed by atoms with van der Waals surface area (Å²) in [6.45, 7) is 1.12. The minimum absolute atomic E-state index is 0.0835. The van der Waals surface area contributed by atoms with Gasteiger partial charge in [0.25, 0.3) is 5.91 Å². The van der Waals surface area contributed by atoms with Crippen LogP contribution in [-0.2, 0) is 5.60 Å². The fourth-order valence-corrected chi connectivity index (χ4v) is 5.18. The lowest BCUT2D eigenvalue weighted by atomic mass is 9.86. The Labute approximate surface area is 200 Å². The van der Waals surface area contributed by atoms with Crippen molar-refractivity contribution in [1.29, 1.82) is 0 Å². The van der Waals surface area contributed by atoms with Crippen LogP contribution in [0.25, 0.3) is 11.4 Å². The number of fused-ring (bicyclic) bond motifs is 4. The first-order valence-electron chi connectivity index (χ1n) is 10.6. The maximum atomic E-state index is 13.3. The maximum Gasteiger partial charge on any atom is 0.255 e. The number of piperidine rings is 1. The number of likely N-dealkylation sites (tertiary alicyclic amines) is 1. The summed E-state index contributed by atoms with van der Waals surface area (Å²) in [5.74, 6) is 0.679. The fraction of sp³-hybridized carbons (Fsp3) is 0.208. The van der Waals surface area contributed by atoms with Gasteiger partial charge in [0.1, 0.15) is 18.4 Å². The van der Waals surface area contributed by atoms with Gasteiger partial charge in [-0.15, -0.1) is 10.2 Å². The molecule has 2 aromatic heterocycles. The zero-order valence-electron chi connectivity index (χ0n) is 17.5. The van der Waals surface area contributed by atoms with Crippen molar-refractivity contribution in [2.75, 3.05) is 13.1 Å². The molecule has 1 spiro atoms. The summed E-state index contributed by atoms with van der Waals surface area (Å²) < 4.78 is 10.5. The summed E-state index contributed by atoms with van der Waals surface area (Å²) in [7, 11) is 0. The highest BCUT2D eigenvalue weighted by Crippen LogP contribution is 2.46. The standard InChI is InChI=1S/C24H19Cl2N5O2/c25-16-3-6-20-21(12-16)33-24(22-2-1-9-31(20)22)7-10-29(11-8-24)23(32)18-5-4-17(13-19(18)26)30-14-27-28-15-30/h1-6,9,12-15H,7-8,10-11H2. The van der Waals surface area contributed by atoms with Crippen molar-refractivity contribution < 1.29 is 9.53 Å². The van der Waals surface area contributed by atoms with E-state index in [0.717, 1.165) is 22.8 Å². The van der Waals surface area contributed by atoms with E-state index in [1.807, 2.05) is 41.4 Å². The second-order valence-corrected chi connectivity index (χ2v) is 9.14. The highest BCUT2D eigenvalue weighted by Gasteiger charge is 2.44. The number of rotatable bonds is 2. The summed E-state index contributed by atoms with van der Waals surface area (Å²) in [6.07, 6.45) is 6.56. The molecule has 6 rings (SSSR count). The second-order valence-electron chi connectivity index (χ2n) is 8.30. The van der Waals surface area contributed by atoms with Gasteiger partial charge in [-0.2, -0.15) is 0 Å². The third-order valence-electron chi connectivity index (χ3n) is 6.46. The summed E-state index contributed by atoms with van der Waals surface area (Å²) in [5, 5.41) is 8.65. The lowest BCUT2D eigenvalue weighted by Gasteiger charge is -2.45. The Morgan fingerprint density at radius 2 is 1.79 bits per heavy atom. The molecule has 2 aromatic carbocycles. The predicted molar refractivity (Wildman–Crippen MR) is 125 cm³/mol. The first-order valence-corrected chi connectivity index (χ1v) is 11.4. The number of hydrogen-bond donors (Lipinski definition) is 0. The zero-order valence-corrected chi connectivity index (χ0v) is 19.0. The zero-order chi connectivity index (χ0) is 22.6. The average molecular weight is 480 g/mol. The van der Waals surface area contributed by atoms with Gasteiger partial charge in [-0.3, -0.25) is 9.36 Å². The number of aromatic nitrogens is 4.